The number of para-hydroxylation sites is 1. The summed E-state index contributed by atoms with van der Waals surface area (Å²) in [5, 5.41) is 4.53. The Morgan fingerprint density at radius 2 is 1.89 bits per heavy atom. The third-order valence-electron chi connectivity index (χ3n) is 4.94. The molecule has 4 rings (SSSR count). The molecule has 7 nitrogen and oxygen atoms in total. The van der Waals surface area contributed by atoms with Gasteiger partial charge in [0.05, 0.1) is 11.6 Å². The van der Waals surface area contributed by atoms with Gasteiger partial charge in [0.2, 0.25) is 11.9 Å². The molecule has 0 unspecified atom stereocenters. The second-order valence-electron chi connectivity index (χ2n) is 7.08. The maximum atomic E-state index is 5.79. The van der Waals surface area contributed by atoms with Crippen LogP contribution in [-0.2, 0) is 0 Å². The number of pyridine rings is 1. The van der Waals surface area contributed by atoms with Crippen LogP contribution in [0.15, 0.2) is 24.3 Å². The molecule has 28 heavy (non-hydrogen) atoms. The van der Waals surface area contributed by atoms with E-state index in [1.54, 1.807) is 0 Å². The monoisotopic (exact) mass is 395 g/mol. The largest absolute Gasteiger partial charge is 0.368 e. The number of rotatable bonds is 4. The maximum absolute atomic E-state index is 5.79. The zero-order chi connectivity index (χ0) is 19.7. The second-order valence-corrected chi connectivity index (χ2v) is 8.30. The first kappa shape index (κ1) is 18.7. The number of anilines is 3. The molecule has 3 heterocycles. The number of nitrogens with two attached hydrogens (primary N) is 1. The van der Waals surface area contributed by atoms with E-state index in [-0.39, 0.29) is 12.0 Å². The molecule has 0 amide bonds. The van der Waals surface area contributed by atoms with Crippen molar-refractivity contribution >= 4 is 40.4 Å². The van der Waals surface area contributed by atoms with Crippen LogP contribution >= 0.6 is 11.8 Å². The van der Waals surface area contributed by atoms with E-state index in [1.807, 2.05) is 18.7 Å². The zero-order valence-electron chi connectivity index (χ0n) is 16.4. The van der Waals surface area contributed by atoms with Gasteiger partial charge in [-0.3, -0.25) is 0 Å². The van der Waals surface area contributed by atoms with Gasteiger partial charge < -0.3 is 16.0 Å². The molecule has 0 spiro atoms. The highest BCUT2D eigenvalue weighted by Gasteiger charge is 2.21. The molecule has 2 aromatic heterocycles. The Bertz CT molecular complexity index is 981. The van der Waals surface area contributed by atoms with Crippen molar-refractivity contribution in [3.63, 3.8) is 0 Å². The first-order chi connectivity index (χ1) is 13.5. The fourth-order valence-corrected chi connectivity index (χ4v) is 4.44. The van der Waals surface area contributed by atoms with Crippen molar-refractivity contribution in [1.82, 2.24) is 19.9 Å². The molecule has 0 saturated carbocycles. The van der Waals surface area contributed by atoms with Gasteiger partial charge in [-0.05, 0) is 32.4 Å². The molecule has 1 aliphatic heterocycles. The van der Waals surface area contributed by atoms with E-state index in [9.17, 15) is 0 Å². The molecular formula is C20H25N7S. The van der Waals surface area contributed by atoms with Crippen LogP contribution < -0.4 is 16.0 Å². The number of benzene rings is 1. The average molecular weight is 396 g/mol. The second kappa shape index (κ2) is 7.79. The Kier molecular flexibility index (Phi) is 5.21. The quantitative estimate of drug-likeness (QED) is 0.695. The summed E-state index contributed by atoms with van der Waals surface area (Å²) in [5.74, 6) is 4.60. The number of fused-ring (bicyclic) bond motifs is 1. The number of nitrogens with one attached hydrogen (secondary N) is 1. The topological polar surface area (TPSA) is 92.8 Å². The van der Waals surface area contributed by atoms with Crippen LogP contribution in [0.1, 0.15) is 29.9 Å². The molecular weight excluding hydrogens is 370 g/mol. The Morgan fingerprint density at radius 3 is 2.64 bits per heavy atom. The number of hydrogen-bond acceptors (Lipinski definition) is 8. The predicted molar refractivity (Wildman–Crippen MR) is 117 cm³/mol. The van der Waals surface area contributed by atoms with E-state index < -0.39 is 0 Å². The van der Waals surface area contributed by atoms with Crippen molar-refractivity contribution in [1.29, 1.82) is 0 Å². The fraction of sp³-hybridized carbons (Fsp3) is 0.400. The van der Waals surface area contributed by atoms with Crippen molar-refractivity contribution in [3.05, 3.63) is 41.2 Å². The van der Waals surface area contributed by atoms with Gasteiger partial charge in [0.25, 0.3) is 0 Å². The van der Waals surface area contributed by atoms with E-state index in [0.29, 0.717) is 11.8 Å². The van der Waals surface area contributed by atoms with Gasteiger partial charge in [-0.1, -0.05) is 18.2 Å². The minimum Gasteiger partial charge on any atom is -0.368 e. The summed E-state index contributed by atoms with van der Waals surface area (Å²) in [6.45, 7) is 8.04. The number of aryl methyl sites for hydroxylation is 2. The van der Waals surface area contributed by atoms with Gasteiger partial charge in [0, 0.05) is 35.5 Å². The van der Waals surface area contributed by atoms with Crippen LogP contribution in [0.3, 0.4) is 0 Å². The van der Waals surface area contributed by atoms with Crippen molar-refractivity contribution in [2.45, 2.75) is 26.8 Å². The lowest BCUT2D eigenvalue weighted by Crippen LogP contribution is -2.34. The molecule has 3 N–H and O–H groups in total. The highest BCUT2D eigenvalue weighted by molar-refractivity contribution is 7.99. The summed E-state index contributed by atoms with van der Waals surface area (Å²) in [6.07, 6.45) is 0. The average Bonchev–Trinajstić information content (AvgIpc) is 2.67. The van der Waals surface area contributed by atoms with Gasteiger partial charge >= 0.3 is 0 Å². The number of thioether (sulfide) groups is 1. The van der Waals surface area contributed by atoms with E-state index >= 15 is 0 Å². The predicted octanol–water partition coefficient (Wildman–Crippen LogP) is 3.35. The normalized spacial score (nSPS) is 15.6. The van der Waals surface area contributed by atoms with Crippen LogP contribution in [-0.4, -0.2) is 44.5 Å². The summed E-state index contributed by atoms with van der Waals surface area (Å²) in [6, 6.07) is 8.52. The van der Waals surface area contributed by atoms with Crippen molar-refractivity contribution < 1.29 is 0 Å². The third-order valence-corrected chi connectivity index (χ3v) is 5.89. The number of aromatic nitrogens is 4. The number of hydrogen-bond donors (Lipinski definition) is 2. The molecule has 3 aromatic rings. The third kappa shape index (κ3) is 3.82. The van der Waals surface area contributed by atoms with Crippen LogP contribution in [0.2, 0.25) is 0 Å². The molecule has 1 atom stereocenters. The molecule has 146 valence electrons. The molecule has 1 aliphatic rings. The van der Waals surface area contributed by atoms with E-state index in [2.05, 4.69) is 63.3 Å². The first-order valence-corrected chi connectivity index (χ1v) is 10.6. The van der Waals surface area contributed by atoms with E-state index in [4.69, 9.17) is 10.7 Å². The lowest BCUT2D eigenvalue weighted by atomic mass is 10.0. The highest BCUT2D eigenvalue weighted by Crippen LogP contribution is 2.32. The van der Waals surface area contributed by atoms with Crippen LogP contribution in [0.25, 0.3) is 10.9 Å². The van der Waals surface area contributed by atoms with Gasteiger partial charge in [0.1, 0.15) is 11.6 Å². The summed E-state index contributed by atoms with van der Waals surface area (Å²) >= 11 is 1.99. The summed E-state index contributed by atoms with van der Waals surface area (Å²) in [5.41, 5.74) is 9.18. The van der Waals surface area contributed by atoms with Gasteiger partial charge in [0.15, 0.2) is 0 Å². The number of nitrogens with zero attached hydrogens (tertiary/aromatic N) is 5. The molecule has 0 bridgehead atoms. The summed E-state index contributed by atoms with van der Waals surface area (Å²) < 4.78 is 0. The maximum Gasteiger partial charge on any atom is 0.228 e. The first-order valence-electron chi connectivity index (χ1n) is 9.49. The van der Waals surface area contributed by atoms with Crippen molar-refractivity contribution in [3.8, 4) is 0 Å². The SMILES string of the molecule is Cc1nc(N)nc(N[C@@H](C)c2cc3cccc(C)c3nc2N2CCSCC2)n1. The number of nitrogen functional groups attached to an aromatic ring is 1. The molecule has 1 saturated heterocycles. The highest BCUT2D eigenvalue weighted by atomic mass is 32.2. The van der Waals surface area contributed by atoms with Gasteiger partial charge in [-0.25, -0.2) is 4.98 Å². The smallest absolute Gasteiger partial charge is 0.228 e. The standard InChI is InChI=1S/C20H25N7S/c1-12-5-4-6-15-11-16(13(2)22-20-24-14(3)23-19(21)26-20)18(25-17(12)15)27-7-9-28-10-8-27/h4-6,11,13H,7-10H2,1-3H3,(H3,21,22,23,24,26)/t13-/m0/s1. The molecule has 1 aromatic carbocycles. The minimum absolute atomic E-state index is 0.0248. The van der Waals surface area contributed by atoms with Gasteiger partial charge in [-0.15, -0.1) is 0 Å². The Morgan fingerprint density at radius 1 is 1.11 bits per heavy atom. The van der Waals surface area contributed by atoms with E-state index in [1.165, 1.54) is 5.56 Å². The lowest BCUT2D eigenvalue weighted by molar-refractivity contribution is 0.796. The van der Waals surface area contributed by atoms with Crippen LogP contribution in [0.5, 0.6) is 0 Å². The Hall–Kier alpha value is -2.61. The fourth-order valence-electron chi connectivity index (χ4n) is 3.54. The van der Waals surface area contributed by atoms with E-state index in [0.717, 1.165) is 46.9 Å². The molecule has 8 heteroatoms. The molecule has 0 radical (unpaired) electrons. The van der Waals surface area contributed by atoms with Crippen molar-refractivity contribution in [2.75, 3.05) is 40.5 Å². The molecule has 1 fully saturated rings. The van der Waals surface area contributed by atoms with Gasteiger partial charge in [-0.2, -0.15) is 26.7 Å². The van der Waals surface area contributed by atoms with Crippen LogP contribution in [0.4, 0.5) is 17.7 Å². The minimum atomic E-state index is -0.0248. The van der Waals surface area contributed by atoms with Crippen LogP contribution in [0, 0.1) is 13.8 Å². The summed E-state index contributed by atoms with van der Waals surface area (Å²) in [7, 11) is 0. The zero-order valence-corrected chi connectivity index (χ0v) is 17.3. The lowest BCUT2D eigenvalue weighted by Gasteiger charge is -2.31. The summed E-state index contributed by atoms with van der Waals surface area (Å²) in [4.78, 5) is 20.1. The Labute approximate surface area is 169 Å². The van der Waals surface area contributed by atoms with Crippen molar-refractivity contribution in [2.24, 2.45) is 0 Å². The Balaban J connectivity index is 1.76. The molecule has 0 aliphatic carbocycles.